The summed E-state index contributed by atoms with van der Waals surface area (Å²) in [5, 5.41) is 2.73. The van der Waals surface area contributed by atoms with E-state index < -0.39 is 32.6 Å². The van der Waals surface area contributed by atoms with Crippen LogP contribution in [-0.4, -0.2) is 20.2 Å². The lowest BCUT2D eigenvalue weighted by Gasteiger charge is -2.19. The van der Waals surface area contributed by atoms with Crippen molar-refractivity contribution in [3.63, 3.8) is 0 Å². The van der Waals surface area contributed by atoms with Gasteiger partial charge in [0, 0.05) is 11.3 Å². The molecular weight excluding hydrogens is 407 g/mol. The molecular formula is C22H23FN2O4S. The highest BCUT2D eigenvalue weighted by Crippen LogP contribution is 2.41. The van der Waals surface area contributed by atoms with Gasteiger partial charge in [0.1, 0.15) is 10.7 Å². The summed E-state index contributed by atoms with van der Waals surface area (Å²) in [7, 11) is -4.49. The predicted octanol–water partition coefficient (Wildman–Crippen LogP) is 3.82. The molecule has 2 aromatic rings. The Morgan fingerprint density at radius 3 is 2.10 bits per heavy atom. The smallest absolute Gasteiger partial charge is 0.307 e. The number of carbonyl (C=O) groups is 2. The number of carbonyl (C=O) groups excluding carboxylic acids is 2. The molecule has 0 saturated carbocycles. The summed E-state index contributed by atoms with van der Waals surface area (Å²) in [5.74, 6) is -1.43. The molecule has 30 heavy (non-hydrogen) atoms. The average molecular weight is 431 g/mol. The highest BCUT2D eigenvalue weighted by molar-refractivity contribution is 7.90. The fourth-order valence-corrected chi connectivity index (χ4v) is 5.64. The summed E-state index contributed by atoms with van der Waals surface area (Å²) < 4.78 is 41.3. The van der Waals surface area contributed by atoms with E-state index in [0.717, 1.165) is 61.8 Å². The minimum atomic E-state index is -4.49. The van der Waals surface area contributed by atoms with Gasteiger partial charge in [0.25, 0.3) is 10.0 Å². The molecule has 2 amide bonds. The van der Waals surface area contributed by atoms with Crippen LogP contribution in [0.4, 0.5) is 14.9 Å². The maximum Gasteiger partial charge on any atom is 0.333 e. The molecule has 2 N–H and O–H groups in total. The van der Waals surface area contributed by atoms with Crippen molar-refractivity contribution in [2.75, 3.05) is 5.32 Å². The Balaban J connectivity index is 1.64. The number of urea groups is 1. The van der Waals surface area contributed by atoms with Crippen molar-refractivity contribution in [2.45, 2.75) is 57.3 Å². The molecule has 0 spiro atoms. The van der Waals surface area contributed by atoms with Gasteiger partial charge in [0.2, 0.25) is 0 Å². The van der Waals surface area contributed by atoms with Gasteiger partial charge in [0.15, 0.2) is 5.78 Å². The van der Waals surface area contributed by atoms with Gasteiger partial charge in [0.05, 0.1) is 0 Å². The fraction of sp³-hybridized carbons (Fsp3) is 0.364. The van der Waals surface area contributed by atoms with Crippen molar-refractivity contribution in [3.8, 4) is 0 Å². The van der Waals surface area contributed by atoms with Crippen LogP contribution in [0.1, 0.15) is 57.9 Å². The van der Waals surface area contributed by atoms with Crippen LogP contribution in [0.5, 0.6) is 0 Å². The van der Waals surface area contributed by atoms with Gasteiger partial charge in [-0.1, -0.05) is 0 Å². The Labute approximate surface area is 174 Å². The van der Waals surface area contributed by atoms with E-state index in [9.17, 15) is 22.4 Å². The van der Waals surface area contributed by atoms with E-state index in [4.69, 9.17) is 0 Å². The van der Waals surface area contributed by atoms with Gasteiger partial charge in [-0.25, -0.2) is 22.3 Å². The molecule has 0 atom stereocenters. The van der Waals surface area contributed by atoms with Gasteiger partial charge in [-0.15, -0.1) is 0 Å². The van der Waals surface area contributed by atoms with E-state index in [0.29, 0.717) is 5.69 Å². The number of rotatable bonds is 4. The van der Waals surface area contributed by atoms with Crippen molar-refractivity contribution in [3.05, 3.63) is 57.4 Å². The summed E-state index contributed by atoms with van der Waals surface area (Å²) in [6, 6.07) is 2.11. The number of sulfonamides is 1. The molecule has 6 nitrogen and oxygen atoms in total. The molecule has 0 saturated heterocycles. The van der Waals surface area contributed by atoms with E-state index in [2.05, 4.69) is 12.2 Å². The van der Waals surface area contributed by atoms with Gasteiger partial charge < -0.3 is 5.32 Å². The normalized spacial score (nSPS) is 14.9. The number of anilines is 1. The number of benzene rings is 2. The monoisotopic (exact) mass is 430 g/mol. The lowest BCUT2D eigenvalue weighted by molar-refractivity contribution is 0.101. The zero-order chi connectivity index (χ0) is 21.6. The van der Waals surface area contributed by atoms with Crippen LogP contribution in [0.3, 0.4) is 0 Å². The average Bonchev–Trinajstić information content (AvgIpc) is 3.34. The minimum absolute atomic E-state index is 0.0476. The number of Topliss-reactive ketones (excluding diaryl/α,β-unsaturated/α-hetero) is 1. The van der Waals surface area contributed by atoms with Crippen LogP contribution in [0, 0.1) is 12.7 Å². The number of hydrogen-bond donors (Lipinski definition) is 2. The second-order valence-corrected chi connectivity index (χ2v) is 9.53. The molecule has 0 bridgehead atoms. The van der Waals surface area contributed by atoms with E-state index in [1.54, 1.807) is 0 Å². The van der Waals surface area contributed by atoms with Gasteiger partial charge in [-0.2, -0.15) is 0 Å². The Bertz CT molecular complexity index is 1150. The lowest BCUT2D eigenvalue weighted by atomic mass is 9.93. The largest absolute Gasteiger partial charge is 0.333 e. The van der Waals surface area contributed by atoms with E-state index in [1.165, 1.54) is 29.7 Å². The second kappa shape index (κ2) is 7.50. The number of nitrogens with one attached hydrogen (secondary N) is 2. The van der Waals surface area contributed by atoms with Crippen LogP contribution in [0.25, 0.3) is 0 Å². The van der Waals surface area contributed by atoms with E-state index >= 15 is 0 Å². The van der Waals surface area contributed by atoms with Crippen LogP contribution in [0.15, 0.2) is 23.1 Å². The predicted molar refractivity (Wildman–Crippen MR) is 111 cm³/mol. The maximum absolute atomic E-state index is 14.1. The molecule has 0 fully saturated rings. The summed E-state index contributed by atoms with van der Waals surface area (Å²) in [6.07, 6.45) is 5.56. The van der Waals surface area contributed by atoms with E-state index in [-0.39, 0.29) is 5.56 Å². The van der Waals surface area contributed by atoms with Crippen molar-refractivity contribution in [2.24, 2.45) is 0 Å². The summed E-state index contributed by atoms with van der Waals surface area (Å²) in [5.41, 5.74) is 6.67. The van der Waals surface area contributed by atoms with Crippen molar-refractivity contribution >= 4 is 27.5 Å². The molecule has 0 unspecified atom stereocenters. The molecule has 2 aliphatic rings. The molecule has 0 aromatic heterocycles. The Morgan fingerprint density at radius 2 is 1.53 bits per heavy atom. The first kappa shape index (κ1) is 20.5. The number of hydrogen-bond acceptors (Lipinski definition) is 4. The van der Waals surface area contributed by atoms with Gasteiger partial charge in [-0.3, -0.25) is 4.79 Å². The van der Waals surface area contributed by atoms with Crippen molar-refractivity contribution in [1.82, 2.24) is 4.72 Å². The number of ketones is 1. The number of halogens is 1. The van der Waals surface area contributed by atoms with Crippen LogP contribution in [-0.2, 0) is 35.7 Å². The SMILES string of the molecule is CC(=O)c1ccc(F)c(S(=O)(=O)NC(=O)Nc2c3c(c(C)c4c2CCC4)CCC3)c1. The zero-order valence-electron chi connectivity index (χ0n) is 16.9. The molecule has 158 valence electrons. The first-order valence-electron chi connectivity index (χ1n) is 9.99. The minimum Gasteiger partial charge on any atom is -0.307 e. The molecule has 0 aliphatic heterocycles. The number of amides is 2. The first-order chi connectivity index (χ1) is 14.2. The molecule has 2 aliphatic carbocycles. The topological polar surface area (TPSA) is 92.3 Å². The third-order valence-corrected chi connectivity index (χ3v) is 7.38. The lowest BCUT2D eigenvalue weighted by Crippen LogP contribution is -2.35. The zero-order valence-corrected chi connectivity index (χ0v) is 17.7. The Morgan fingerprint density at radius 1 is 0.967 bits per heavy atom. The van der Waals surface area contributed by atoms with Crippen LogP contribution in [0.2, 0.25) is 0 Å². The molecule has 4 rings (SSSR count). The first-order valence-corrected chi connectivity index (χ1v) is 11.5. The van der Waals surface area contributed by atoms with Crippen LogP contribution >= 0.6 is 0 Å². The van der Waals surface area contributed by atoms with Gasteiger partial charge >= 0.3 is 6.03 Å². The molecule has 8 heteroatoms. The Hall–Kier alpha value is -2.74. The third-order valence-electron chi connectivity index (χ3n) is 6.04. The van der Waals surface area contributed by atoms with Gasteiger partial charge in [-0.05, 0) is 98.4 Å². The van der Waals surface area contributed by atoms with Crippen LogP contribution < -0.4 is 10.0 Å². The second-order valence-electron chi connectivity index (χ2n) is 7.88. The molecule has 0 radical (unpaired) electrons. The standard InChI is InChI=1S/C22H23FN2O4S/c1-12-15-5-3-7-17(15)21(18-8-4-6-16(12)18)24-22(27)25-30(28,29)20-11-14(13(2)26)9-10-19(20)23/h9-11H,3-8H2,1-2H3,(H2,24,25,27). The summed E-state index contributed by atoms with van der Waals surface area (Å²) >= 11 is 0. The summed E-state index contributed by atoms with van der Waals surface area (Å²) in [6.45, 7) is 3.37. The number of fused-ring (bicyclic) bond motifs is 2. The third kappa shape index (κ3) is 3.49. The molecule has 0 heterocycles. The highest BCUT2D eigenvalue weighted by Gasteiger charge is 2.29. The molecule has 2 aromatic carbocycles. The quantitative estimate of drug-likeness (QED) is 0.721. The Kier molecular flexibility index (Phi) is 5.13. The highest BCUT2D eigenvalue weighted by atomic mass is 32.2. The van der Waals surface area contributed by atoms with E-state index in [1.807, 2.05) is 4.72 Å². The van der Waals surface area contributed by atoms with Crippen molar-refractivity contribution in [1.29, 1.82) is 0 Å². The van der Waals surface area contributed by atoms with Crippen molar-refractivity contribution < 1.29 is 22.4 Å². The maximum atomic E-state index is 14.1. The summed E-state index contributed by atoms with van der Waals surface area (Å²) in [4.78, 5) is 23.4. The fourth-order valence-electron chi connectivity index (χ4n) is 4.63.